The quantitative estimate of drug-likeness (QED) is 0.400. The largest absolute Gasteiger partial charge is 0 e. The van der Waals surface area contributed by atoms with Crippen molar-refractivity contribution in [2.24, 2.45) is 0 Å². The second-order valence-corrected chi connectivity index (χ2v) is 0. The van der Waals surface area contributed by atoms with Crippen molar-refractivity contribution in [3.63, 3.8) is 0 Å². The molecular formula is Ca2KTi. The molecule has 0 N–H and O–H groups in total. The monoisotopic (exact) mass is 167 g/mol. The Bertz CT molecular complexity index is 6.00. The minimum absolute atomic E-state index is 0. The van der Waals surface area contributed by atoms with Gasteiger partial charge in [-0.15, -0.1) is 0 Å². The summed E-state index contributed by atoms with van der Waals surface area (Å²) in [7, 11) is 0. The van der Waals surface area contributed by atoms with Gasteiger partial charge < -0.3 is 0 Å². The third-order valence-electron chi connectivity index (χ3n) is 0. The van der Waals surface area contributed by atoms with E-state index in [1.165, 1.54) is 0 Å². The molecule has 4 heavy (non-hydrogen) atoms. The van der Waals surface area contributed by atoms with Gasteiger partial charge in [-0.2, -0.15) is 0 Å². The maximum atomic E-state index is 0. The van der Waals surface area contributed by atoms with E-state index in [0.717, 1.165) is 0 Å². The Labute approximate surface area is 144 Å². The molecule has 0 aliphatic rings. The molecule has 0 aromatic rings. The zero-order valence-corrected chi connectivity index (χ0v) is 12.0. The van der Waals surface area contributed by atoms with Gasteiger partial charge in [0, 0.05) is 149 Å². The minimum atomic E-state index is 0. The van der Waals surface area contributed by atoms with E-state index in [0.29, 0.717) is 0 Å². The summed E-state index contributed by atoms with van der Waals surface area (Å²) in [5, 5.41) is 0. The van der Waals surface area contributed by atoms with Crippen molar-refractivity contribution in [3.05, 3.63) is 0 Å². The Morgan fingerprint density at radius 1 is 0.750 bits per heavy atom. The molecule has 0 rings (SSSR count). The van der Waals surface area contributed by atoms with Crippen LogP contribution in [-0.2, 0) is 21.7 Å². The molecule has 4 heteroatoms. The SMILES string of the molecule is [Ca].[Ca].[K].[Ti]. The fourth-order valence-corrected chi connectivity index (χ4v) is 0. The van der Waals surface area contributed by atoms with Gasteiger partial charge in [0.15, 0.2) is 0 Å². The average molecular weight is 167 g/mol. The fourth-order valence-electron chi connectivity index (χ4n) is 0. The second kappa shape index (κ2) is 15.7. The van der Waals surface area contributed by atoms with E-state index in [1.54, 1.807) is 0 Å². The first kappa shape index (κ1) is 23.2. The summed E-state index contributed by atoms with van der Waals surface area (Å²) in [4.78, 5) is 0. The maximum Gasteiger partial charge on any atom is 0 e. The Balaban J connectivity index is 0. The first-order valence-electron chi connectivity index (χ1n) is 0. The molecule has 0 atom stereocenters. The van der Waals surface area contributed by atoms with Gasteiger partial charge in [0.1, 0.15) is 0 Å². The molecule has 0 aliphatic carbocycles. The second-order valence-electron chi connectivity index (χ2n) is 0. The summed E-state index contributed by atoms with van der Waals surface area (Å²) in [5.41, 5.74) is 0. The summed E-state index contributed by atoms with van der Waals surface area (Å²) >= 11 is 0. The molecule has 0 unspecified atom stereocenters. The summed E-state index contributed by atoms with van der Waals surface area (Å²) in [6.45, 7) is 0. The van der Waals surface area contributed by atoms with Crippen LogP contribution in [0.3, 0.4) is 0 Å². The number of hydrogen-bond donors (Lipinski definition) is 0. The van der Waals surface area contributed by atoms with E-state index in [9.17, 15) is 0 Å². The first-order chi connectivity index (χ1) is 0. The fraction of sp³-hybridized carbons (Fsp3) is 0. The molecular weight excluding hydrogens is 167 g/mol. The van der Waals surface area contributed by atoms with Crippen molar-refractivity contribution in [2.75, 3.05) is 0 Å². The van der Waals surface area contributed by atoms with Gasteiger partial charge in [-0.25, -0.2) is 0 Å². The van der Waals surface area contributed by atoms with Crippen LogP contribution in [0.25, 0.3) is 0 Å². The summed E-state index contributed by atoms with van der Waals surface area (Å²) in [6.07, 6.45) is 0. The van der Waals surface area contributed by atoms with E-state index in [2.05, 4.69) is 0 Å². The van der Waals surface area contributed by atoms with Crippen LogP contribution in [0.1, 0.15) is 0 Å². The van der Waals surface area contributed by atoms with E-state index < -0.39 is 0 Å². The Morgan fingerprint density at radius 3 is 0.750 bits per heavy atom. The van der Waals surface area contributed by atoms with Crippen LogP contribution in [0, 0.1) is 0 Å². The molecule has 0 saturated heterocycles. The van der Waals surface area contributed by atoms with Crippen LogP contribution in [-0.4, -0.2) is 127 Å². The molecule has 0 bridgehead atoms. The van der Waals surface area contributed by atoms with Gasteiger partial charge >= 0.3 is 0 Å². The topological polar surface area (TPSA) is 0 Å². The maximum absolute atomic E-state index is 0. The van der Waals surface area contributed by atoms with Crippen LogP contribution in [0.15, 0.2) is 0 Å². The van der Waals surface area contributed by atoms with Gasteiger partial charge in [-0.3, -0.25) is 0 Å². The Hall–Kier alpha value is 4.87. The van der Waals surface area contributed by atoms with Crippen LogP contribution in [0.2, 0.25) is 0 Å². The van der Waals surface area contributed by atoms with Gasteiger partial charge in [0.25, 0.3) is 0 Å². The van der Waals surface area contributed by atoms with Crippen LogP contribution < -0.4 is 0 Å². The van der Waals surface area contributed by atoms with Crippen molar-refractivity contribution in [2.45, 2.75) is 0 Å². The number of rotatable bonds is 0. The molecule has 0 spiro atoms. The molecule has 0 fully saturated rings. The normalized spacial score (nSPS) is 0. The summed E-state index contributed by atoms with van der Waals surface area (Å²) < 4.78 is 0. The minimum Gasteiger partial charge on any atom is 0 e. The van der Waals surface area contributed by atoms with Gasteiger partial charge in [0.05, 0.1) is 0 Å². The molecule has 0 aliphatic heterocycles. The molecule has 0 saturated carbocycles. The Kier molecular flexibility index (Phi) is 90.7. The predicted octanol–water partition coefficient (Wildman–Crippen LogP) is -1.14. The van der Waals surface area contributed by atoms with Crippen molar-refractivity contribution < 1.29 is 21.7 Å². The molecule has 5 radical (unpaired) electrons. The summed E-state index contributed by atoms with van der Waals surface area (Å²) in [6, 6.07) is 0. The predicted molar refractivity (Wildman–Crippen MR) is 17.3 cm³/mol. The van der Waals surface area contributed by atoms with E-state index in [4.69, 9.17) is 0 Å². The van der Waals surface area contributed by atoms with E-state index >= 15 is 0 Å². The van der Waals surface area contributed by atoms with Crippen molar-refractivity contribution >= 4 is 127 Å². The third-order valence-corrected chi connectivity index (χ3v) is 0. The number of hydrogen-bond acceptors (Lipinski definition) is 0. The van der Waals surface area contributed by atoms with Crippen molar-refractivity contribution in [1.29, 1.82) is 0 Å². The Morgan fingerprint density at radius 2 is 0.750 bits per heavy atom. The van der Waals surface area contributed by atoms with E-state index in [-0.39, 0.29) is 149 Å². The van der Waals surface area contributed by atoms with Crippen molar-refractivity contribution in [1.82, 2.24) is 0 Å². The third kappa shape index (κ3) is 9.98. The zero-order chi connectivity index (χ0) is 0. The molecule has 0 nitrogen and oxygen atoms in total. The van der Waals surface area contributed by atoms with Gasteiger partial charge in [0.2, 0.25) is 0 Å². The molecule has 0 heterocycles. The standard InChI is InChI=1S/2Ca.K.Ti. The molecule has 9 valence electrons. The first-order valence-corrected chi connectivity index (χ1v) is 0. The van der Waals surface area contributed by atoms with Crippen LogP contribution in [0.4, 0.5) is 0 Å². The van der Waals surface area contributed by atoms with Crippen molar-refractivity contribution in [3.8, 4) is 0 Å². The smallest absolute Gasteiger partial charge is 0 e. The van der Waals surface area contributed by atoms with Crippen LogP contribution in [0.5, 0.6) is 0 Å². The summed E-state index contributed by atoms with van der Waals surface area (Å²) in [5.74, 6) is 0. The molecule has 0 aromatic carbocycles. The van der Waals surface area contributed by atoms with Gasteiger partial charge in [-0.1, -0.05) is 0 Å². The van der Waals surface area contributed by atoms with Gasteiger partial charge in [-0.05, 0) is 0 Å². The molecule has 0 amide bonds. The zero-order valence-electron chi connectivity index (χ0n) is 2.91. The van der Waals surface area contributed by atoms with Crippen LogP contribution >= 0.6 is 0 Å². The van der Waals surface area contributed by atoms with E-state index in [1.807, 2.05) is 0 Å². The average Bonchev–Trinajstić information content (AvgIpc) is 0. The molecule has 0 aromatic heterocycles.